The maximum absolute atomic E-state index is 15.6. The number of ether oxygens (including phenoxy) is 3. The van der Waals surface area contributed by atoms with E-state index < -0.39 is 16.2 Å². The summed E-state index contributed by atoms with van der Waals surface area (Å²) in [5.41, 5.74) is 23.2. The molecule has 4 aliphatic rings. The van der Waals surface area contributed by atoms with Crippen molar-refractivity contribution in [3.05, 3.63) is 448 Å². The number of nitrogens with zero attached hydrogens (tertiary/aromatic N) is 1. The first kappa shape index (κ1) is 61.0. The van der Waals surface area contributed by atoms with Crippen LogP contribution in [0.2, 0.25) is 0 Å². The Hall–Kier alpha value is -13.2. The van der Waals surface area contributed by atoms with Gasteiger partial charge in [-0.3, -0.25) is 0 Å². The number of benzene rings is 15. The molecule has 15 aromatic carbocycles. The Bertz CT molecular complexity index is 5610. The van der Waals surface area contributed by atoms with E-state index in [1.807, 2.05) is 109 Å². The lowest BCUT2D eigenvalue weighted by atomic mass is 9.66. The summed E-state index contributed by atoms with van der Waals surface area (Å²) in [6.45, 7) is 7.89. The minimum absolute atomic E-state index is 0.325. The normalized spacial score (nSPS) is 15.6. The van der Waals surface area contributed by atoms with Crippen LogP contribution in [-0.4, -0.2) is 0 Å². The van der Waals surface area contributed by atoms with Crippen molar-refractivity contribution < 1.29 is 23.0 Å². The van der Waals surface area contributed by atoms with E-state index in [2.05, 4.69) is 243 Å². The zero-order chi connectivity index (χ0) is 69.0. The van der Waals surface area contributed by atoms with Crippen LogP contribution in [0.4, 0.5) is 25.8 Å². The summed E-state index contributed by atoms with van der Waals surface area (Å²) in [5, 5.41) is 0. The molecule has 3 aliphatic carbocycles. The van der Waals surface area contributed by atoms with Gasteiger partial charge < -0.3 is 19.1 Å². The number of hydrogen-bond acceptors (Lipinski definition) is 4. The topological polar surface area (TPSA) is 30.9 Å². The molecule has 0 bridgehead atoms. The van der Waals surface area contributed by atoms with Gasteiger partial charge in [0.2, 0.25) is 0 Å². The number of para-hydroxylation sites is 3. The summed E-state index contributed by atoms with van der Waals surface area (Å²) in [7, 11) is 0. The molecule has 19 rings (SSSR count). The predicted octanol–water partition coefficient (Wildman–Crippen LogP) is 25.2. The molecule has 0 fully saturated rings. The average Bonchev–Trinajstić information content (AvgIpc) is 1.19. The SMILES string of the molecule is C=Cc1ccc(Oc2ccc(C3(c4ccc(F)cc4)c4ccccc4-c4ccc(N(c5ccc6c(c5)C(c5ccc(F)cc5)(c5ccc(Oc7ccc(C=C)cc7)cc5)c5ccccc5-6)c5ccccc5-c5ccc6c(c5)C5(c7ccccc7Oc7ccccc75)c5ccccc5-6)cc43)cc2)cc1. The summed E-state index contributed by atoms with van der Waals surface area (Å²) in [6.07, 6.45) is 3.63. The van der Waals surface area contributed by atoms with Gasteiger partial charge in [0.25, 0.3) is 0 Å². The van der Waals surface area contributed by atoms with E-state index in [4.69, 9.17) is 14.2 Å². The standard InChI is InChI=1S/C97H63F2NO3/c1-3-62-29-48-73(49-30-62)101-75-52-38-67(39-53-75)95(65-34-42-69(98)43-35-65)84-21-9-5-18-78(84)82-57-46-71(60-90(82)95)100(92-26-14-8-17-77(92)64-33-56-81-80-20-7-11-23-86(80)97(89(81)59-64)87-24-12-15-27-93(87)103-94-28-16-13-25-88(94)97)72-47-58-83-79-19-6-10-22-85(79)96(91(83)61-72,66-36-44-70(99)45-37-66)68-40-54-76(55-41-68)102-74-50-31-63(4-2)32-51-74/h3-61H,1-2H2. The second-order valence-electron chi connectivity index (χ2n) is 26.9. The summed E-state index contributed by atoms with van der Waals surface area (Å²) in [6, 6.07) is 119. The van der Waals surface area contributed by atoms with Crippen molar-refractivity contribution in [3.63, 3.8) is 0 Å². The molecular weight excluding hydrogens is 1270 g/mol. The van der Waals surface area contributed by atoms with E-state index >= 15 is 8.78 Å². The molecule has 2 unspecified atom stereocenters. The molecule has 488 valence electrons. The minimum atomic E-state index is -0.965. The van der Waals surface area contributed by atoms with Crippen LogP contribution in [0.3, 0.4) is 0 Å². The smallest absolute Gasteiger partial charge is 0.132 e. The van der Waals surface area contributed by atoms with Crippen molar-refractivity contribution in [3.8, 4) is 79.0 Å². The molecule has 0 saturated heterocycles. The second kappa shape index (κ2) is 24.0. The second-order valence-corrected chi connectivity index (χ2v) is 26.9. The first-order valence-corrected chi connectivity index (χ1v) is 34.8. The molecule has 2 atom stereocenters. The van der Waals surface area contributed by atoms with E-state index in [1.165, 1.54) is 16.7 Å². The quantitative estimate of drug-likeness (QED) is 0.109. The van der Waals surface area contributed by atoms with Crippen LogP contribution in [0.15, 0.2) is 359 Å². The Kier molecular flexibility index (Phi) is 14.2. The van der Waals surface area contributed by atoms with Crippen molar-refractivity contribution >= 4 is 29.2 Å². The van der Waals surface area contributed by atoms with Gasteiger partial charge in [-0.1, -0.05) is 250 Å². The molecule has 6 heteroatoms. The highest BCUT2D eigenvalue weighted by Crippen LogP contribution is 2.64. The van der Waals surface area contributed by atoms with Crippen LogP contribution in [0, 0.1) is 11.6 Å². The molecule has 0 N–H and O–H groups in total. The van der Waals surface area contributed by atoms with Gasteiger partial charge in [0.05, 0.1) is 21.9 Å². The van der Waals surface area contributed by atoms with Gasteiger partial charge in [-0.15, -0.1) is 0 Å². The third kappa shape index (κ3) is 9.34. The van der Waals surface area contributed by atoms with E-state index in [-0.39, 0.29) is 11.6 Å². The van der Waals surface area contributed by atoms with Crippen LogP contribution in [-0.2, 0) is 16.2 Å². The Balaban J connectivity index is 0.853. The number of fused-ring (bicyclic) bond motifs is 15. The maximum atomic E-state index is 15.6. The lowest BCUT2D eigenvalue weighted by Crippen LogP contribution is -2.32. The van der Waals surface area contributed by atoms with Crippen molar-refractivity contribution in [1.29, 1.82) is 0 Å². The van der Waals surface area contributed by atoms with Crippen molar-refractivity contribution in [2.24, 2.45) is 0 Å². The Morgan fingerprint density at radius 3 is 1.02 bits per heavy atom. The number of rotatable bonds is 14. The van der Waals surface area contributed by atoms with Crippen molar-refractivity contribution in [1.82, 2.24) is 0 Å². The molecular formula is C97H63F2NO3. The molecule has 103 heavy (non-hydrogen) atoms. The number of anilines is 3. The van der Waals surface area contributed by atoms with Gasteiger partial charge in [-0.25, -0.2) is 8.78 Å². The lowest BCUT2D eigenvalue weighted by Gasteiger charge is -2.39. The summed E-state index contributed by atoms with van der Waals surface area (Å²) in [4.78, 5) is 2.42. The third-order valence-electron chi connectivity index (χ3n) is 21.7. The third-order valence-corrected chi connectivity index (χ3v) is 21.7. The molecule has 1 spiro atoms. The van der Waals surface area contributed by atoms with Crippen molar-refractivity contribution in [2.45, 2.75) is 16.2 Å². The van der Waals surface area contributed by atoms with Gasteiger partial charge >= 0.3 is 0 Å². The van der Waals surface area contributed by atoms with E-state index in [0.29, 0.717) is 23.0 Å². The average molecular weight is 1330 g/mol. The zero-order valence-electron chi connectivity index (χ0n) is 55.9. The Morgan fingerprint density at radius 2 is 0.602 bits per heavy atom. The maximum Gasteiger partial charge on any atom is 0.132 e. The summed E-state index contributed by atoms with van der Waals surface area (Å²) < 4.78 is 51.2. The van der Waals surface area contributed by atoms with Gasteiger partial charge in [0.1, 0.15) is 46.1 Å². The van der Waals surface area contributed by atoms with Gasteiger partial charge in [0.15, 0.2) is 0 Å². The van der Waals surface area contributed by atoms with Crippen LogP contribution in [0.5, 0.6) is 34.5 Å². The van der Waals surface area contributed by atoms with Crippen LogP contribution in [0.1, 0.15) is 77.9 Å². The fourth-order valence-corrected chi connectivity index (χ4v) is 17.3. The molecule has 4 nitrogen and oxygen atoms in total. The van der Waals surface area contributed by atoms with Crippen LogP contribution in [0.25, 0.3) is 56.7 Å². The van der Waals surface area contributed by atoms with Gasteiger partial charge in [-0.2, -0.15) is 0 Å². The minimum Gasteiger partial charge on any atom is -0.457 e. The molecule has 0 amide bonds. The van der Waals surface area contributed by atoms with E-state index in [1.54, 1.807) is 24.3 Å². The zero-order valence-corrected chi connectivity index (χ0v) is 55.9. The predicted molar refractivity (Wildman–Crippen MR) is 412 cm³/mol. The molecule has 0 saturated carbocycles. The molecule has 1 heterocycles. The van der Waals surface area contributed by atoms with Crippen molar-refractivity contribution in [2.75, 3.05) is 4.90 Å². The molecule has 0 radical (unpaired) electrons. The van der Waals surface area contributed by atoms with E-state index in [0.717, 1.165) is 134 Å². The lowest BCUT2D eigenvalue weighted by molar-refractivity contribution is 0.436. The summed E-state index contributed by atoms with van der Waals surface area (Å²) in [5.74, 6) is 3.76. The summed E-state index contributed by atoms with van der Waals surface area (Å²) >= 11 is 0. The fraction of sp³-hybridized carbons (Fsp3) is 0.0309. The first-order chi connectivity index (χ1) is 50.7. The number of halogens is 2. The molecule has 15 aromatic rings. The first-order valence-electron chi connectivity index (χ1n) is 34.8. The van der Waals surface area contributed by atoms with Crippen LogP contribution >= 0.6 is 0 Å². The largest absolute Gasteiger partial charge is 0.457 e. The monoisotopic (exact) mass is 1330 g/mol. The number of hydrogen-bond donors (Lipinski definition) is 0. The van der Waals surface area contributed by atoms with E-state index in [9.17, 15) is 0 Å². The highest BCUT2D eigenvalue weighted by atomic mass is 19.1. The molecule has 1 aliphatic heterocycles. The van der Waals surface area contributed by atoms with Gasteiger partial charge in [0, 0.05) is 28.1 Å². The van der Waals surface area contributed by atoms with Crippen LogP contribution < -0.4 is 19.1 Å². The highest BCUT2D eigenvalue weighted by Gasteiger charge is 2.52. The Morgan fingerprint density at radius 1 is 0.282 bits per heavy atom. The highest BCUT2D eigenvalue weighted by molar-refractivity contribution is 5.97. The van der Waals surface area contributed by atoms with Gasteiger partial charge in [-0.05, 0) is 227 Å². The Labute approximate surface area is 597 Å². The molecule has 0 aromatic heterocycles. The fourth-order valence-electron chi connectivity index (χ4n) is 17.3.